The van der Waals surface area contributed by atoms with Gasteiger partial charge in [-0.25, -0.2) is 0 Å². The Morgan fingerprint density at radius 3 is 2.46 bits per heavy atom. The van der Waals surface area contributed by atoms with Gasteiger partial charge in [0.05, 0.1) is 13.2 Å². The van der Waals surface area contributed by atoms with E-state index in [4.69, 9.17) is 16.3 Å². The molecule has 1 aliphatic carbocycles. The molecule has 3 atom stereocenters. The predicted molar refractivity (Wildman–Crippen MR) is 50.5 cm³/mol. The summed E-state index contributed by atoms with van der Waals surface area (Å²) in [6.45, 7) is 7.89. The molecule has 0 aromatic heterocycles. The molecule has 1 aliphatic heterocycles. The number of carbonyl (C=O) groups is 1. The molecule has 0 N–H and O–H groups in total. The van der Waals surface area contributed by atoms with Crippen LogP contribution in [0.1, 0.15) is 20.8 Å². The first-order chi connectivity index (χ1) is 5.91. The first kappa shape index (κ1) is 9.47. The Labute approximate surface area is 83.6 Å². The van der Waals surface area contributed by atoms with Crippen molar-refractivity contribution in [1.29, 1.82) is 0 Å². The van der Waals surface area contributed by atoms with Crippen molar-refractivity contribution in [3.05, 3.63) is 0 Å². The van der Waals surface area contributed by atoms with Crippen LogP contribution in [0.4, 0.5) is 0 Å². The van der Waals surface area contributed by atoms with Crippen LogP contribution in [0.5, 0.6) is 0 Å². The number of fused-ring (bicyclic) bond motifs is 1. The molecule has 1 heterocycles. The van der Waals surface area contributed by atoms with E-state index in [1.54, 1.807) is 0 Å². The van der Waals surface area contributed by atoms with Gasteiger partial charge in [0.15, 0.2) is 0 Å². The molecule has 0 spiro atoms. The van der Waals surface area contributed by atoms with Crippen molar-refractivity contribution in [3.8, 4) is 0 Å². The van der Waals surface area contributed by atoms with Crippen molar-refractivity contribution in [1.82, 2.24) is 0 Å². The van der Waals surface area contributed by atoms with Crippen molar-refractivity contribution in [2.24, 2.45) is 22.7 Å². The van der Waals surface area contributed by atoms with Crippen LogP contribution in [-0.4, -0.2) is 18.5 Å². The summed E-state index contributed by atoms with van der Waals surface area (Å²) in [4.78, 5) is 11.2. The monoisotopic (exact) mass is 202 g/mol. The highest BCUT2D eigenvalue weighted by Gasteiger charge is 2.74. The highest BCUT2D eigenvalue weighted by atomic mass is 35.5. The third-order valence-corrected chi connectivity index (χ3v) is 4.02. The Morgan fingerprint density at radius 1 is 1.54 bits per heavy atom. The zero-order valence-corrected chi connectivity index (χ0v) is 9.02. The standard InChI is InChI=1S/C10H15ClO2/c1-9(2,3)10-5-13-4-6(10)7(10)8(11)12/h6-7H,4-5H2,1-3H3/t6-,7-,10-/m0/s1. The minimum absolute atomic E-state index is 0.0336. The zero-order valence-electron chi connectivity index (χ0n) is 8.26. The summed E-state index contributed by atoms with van der Waals surface area (Å²) < 4.78 is 5.41. The summed E-state index contributed by atoms with van der Waals surface area (Å²) in [5, 5.41) is -0.178. The normalized spacial score (nSPS) is 43.1. The fourth-order valence-electron chi connectivity index (χ4n) is 2.91. The average molecular weight is 203 g/mol. The highest BCUT2D eigenvalue weighted by molar-refractivity contribution is 6.64. The van der Waals surface area contributed by atoms with E-state index in [1.807, 2.05) is 0 Å². The fourth-order valence-corrected chi connectivity index (χ4v) is 3.26. The third kappa shape index (κ3) is 1.02. The molecule has 3 heteroatoms. The van der Waals surface area contributed by atoms with Crippen molar-refractivity contribution in [3.63, 3.8) is 0 Å². The van der Waals surface area contributed by atoms with E-state index >= 15 is 0 Å². The molecule has 0 radical (unpaired) electrons. The summed E-state index contributed by atoms with van der Waals surface area (Å²) in [6.07, 6.45) is 0. The topological polar surface area (TPSA) is 26.3 Å². The van der Waals surface area contributed by atoms with Crippen LogP contribution in [0.3, 0.4) is 0 Å². The molecule has 2 fully saturated rings. The number of halogens is 1. The van der Waals surface area contributed by atoms with Crippen molar-refractivity contribution < 1.29 is 9.53 Å². The summed E-state index contributed by atoms with van der Waals surface area (Å²) >= 11 is 5.58. The van der Waals surface area contributed by atoms with Crippen molar-refractivity contribution in [2.45, 2.75) is 20.8 Å². The van der Waals surface area contributed by atoms with E-state index in [0.29, 0.717) is 19.1 Å². The van der Waals surface area contributed by atoms with Gasteiger partial charge in [0, 0.05) is 17.3 Å². The molecular formula is C10H15ClO2. The van der Waals surface area contributed by atoms with E-state index in [0.717, 1.165) is 0 Å². The summed E-state index contributed by atoms with van der Waals surface area (Å²) in [5.74, 6) is 0.417. The molecule has 0 aromatic carbocycles. The van der Waals surface area contributed by atoms with Crippen LogP contribution in [0.15, 0.2) is 0 Å². The quantitative estimate of drug-likeness (QED) is 0.609. The van der Waals surface area contributed by atoms with Crippen LogP contribution in [0.2, 0.25) is 0 Å². The smallest absolute Gasteiger partial charge is 0.225 e. The molecule has 2 nitrogen and oxygen atoms in total. The second-order valence-electron chi connectivity index (χ2n) is 5.19. The van der Waals surface area contributed by atoms with Crippen LogP contribution in [0.25, 0.3) is 0 Å². The van der Waals surface area contributed by atoms with Gasteiger partial charge in [0.2, 0.25) is 5.24 Å². The molecule has 0 unspecified atom stereocenters. The van der Waals surface area contributed by atoms with Gasteiger partial charge in [0.1, 0.15) is 0 Å². The zero-order chi connectivity index (χ0) is 9.85. The van der Waals surface area contributed by atoms with E-state index < -0.39 is 0 Å². The molecule has 0 amide bonds. The van der Waals surface area contributed by atoms with Crippen LogP contribution < -0.4 is 0 Å². The second kappa shape index (κ2) is 2.48. The van der Waals surface area contributed by atoms with E-state index in [9.17, 15) is 4.79 Å². The second-order valence-corrected chi connectivity index (χ2v) is 5.57. The largest absolute Gasteiger partial charge is 0.380 e. The first-order valence-electron chi connectivity index (χ1n) is 4.68. The molecule has 74 valence electrons. The van der Waals surface area contributed by atoms with E-state index in [1.165, 1.54) is 0 Å². The predicted octanol–water partition coefficient (Wildman–Crippen LogP) is 2.06. The average Bonchev–Trinajstić information content (AvgIpc) is 2.43. The Kier molecular flexibility index (Phi) is 1.81. The number of ether oxygens (including phenoxy) is 1. The lowest BCUT2D eigenvalue weighted by Crippen LogP contribution is -2.28. The molecule has 0 aromatic rings. The molecule has 1 saturated carbocycles. The third-order valence-electron chi connectivity index (χ3n) is 3.79. The van der Waals surface area contributed by atoms with Gasteiger partial charge in [-0.3, -0.25) is 4.79 Å². The Balaban J connectivity index is 2.28. The maximum Gasteiger partial charge on any atom is 0.225 e. The SMILES string of the molecule is CC(C)(C)[C@@]12COC[C@H]1[C@H]2C(=O)Cl. The molecule has 2 aliphatic rings. The Morgan fingerprint density at radius 2 is 2.15 bits per heavy atom. The first-order valence-corrected chi connectivity index (χ1v) is 5.06. The minimum Gasteiger partial charge on any atom is -0.380 e. The number of rotatable bonds is 1. The molecule has 2 rings (SSSR count). The maximum absolute atomic E-state index is 11.2. The van der Waals surface area contributed by atoms with Crippen LogP contribution in [0, 0.1) is 22.7 Å². The fraction of sp³-hybridized carbons (Fsp3) is 0.900. The lowest BCUT2D eigenvalue weighted by atomic mass is 9.76. The summed E-state index contributed by atoms with van der Waals surface area (Å²) in [5.41, 5.74) is 0.148. The van der Waals surface area contributed by atoms with E-state index in [2.05, 4.69) is 20.8 Å². The molecule has 13 heavy (non-hydrogen) atoms. The Bertz CT molecular complexity index is 256. The lowest BCUT2D eigenvalue weighted by molar-refractivity contribution is -0.115. The number of carbonyl (C=O) groups excluding carboxylic acids is 1. The van der Waals surface area contributed by atoms with Gasteiger partial charge in [-0.05, 0) is 17.0 Å². The van der Waals surface area contributed by atoms with Crippen molar-refractivity contribution >= 4 is 16.8 Å². The van der Waals surface area contributed by atoms with Gasteiger partial charge >= 0.3 is 0 Å². The van der Waals surface area contributed by atoms with E-state index in [-0.39, 0.29) is 22.0 Å². The highest BCUT2D eigenvalue weighted by Crippen LogP contribution is 2.71. The minimum atomic E-state index is -0.178. The summed E-state index contributed by atoms with van der Waals surface area (Å²) in [6, 6.07) is 0. The maximum atomic E-state index is 11.2. The van der Waals surface area contributed by atoms with Gasteiger partial charge in [-0.2, -0.15) is 0 Å². The van der Waals surface area contributed by atoms with Crippen LogP contribution in [-0.2, 0) is 9.53 Å². The number of hydrogen-bond acceptors (Lipinski definition) is 2. The van der Waals surface area contributed by atoms with Gasteiger partial charge < -0.3 is 4.74 Å². The molecule has 0 bridgehead atoms. The Hall–Kier alpha value is -0.0800. The molecule has 1 saturated heterocycles. The molecular weight excluding hydrogens is 188 g/mol. The van der Waals surface area contributed by atoms with Gasteiger partial charge in [0.25, 0.3) is 0 Å². The van der Waals surface area contributed by atoms with Crippen molar-refractivity contribution in [2.75, 3.05) is 13.2 Å². The lowest BCUT2D eigenvalue weighted by Gasteiger charge is -2.29. The van der Waals surface area contributed by atoms with Crippen LogP contribution >= 0.6 is 11.6 Å². The van der Waals surface area contributed by atoms with Gasteiger partial charge in [-0.1, -0.05) is 20.8 Å². The van der Waals surface area contributed by atoms with Gasteiger partial charge in [-0.15, -0.1) is 0 Å². The number of hydrogen-bond donors (Lipinski definition) is 0. The summed E-state index contributed by atoms with van der Waals surface area (Å²) in [7, 11) is 0.